The van der Waals surface area contributed by atoms with Crippen LogP contribution in [0.1, 0.15) is 363 Å². The summed E-state index contributed by atoms with van der Waals surface area (Å²) in [5, 5.41) is 0. The molecule has 0 aliphatic heterocycles. The van der Waals surface area contributed by atoms with Gasteiger partial charge in [0.1, 0.15) is 13.2 Å². The van der Waals surface area contributed by atoms with Crippen molar-refractivity contribution in [1.82, 2.24) is 0 Å². The molecule has 0 heterocycles. The smallest absolute Gasteiger partial charge is 0.306 e. The highest BCUT2D eigenvalue weighted by Gasteiger charge is 2.19. The Labute approximate surface area is 444 Å². The summed E-state index contributed by atoms with van der Waals surface area (Å²) in [5.74, 6) is 1.79. The van der Waals surface area contributed by atoms with Gasteiger partial charge in [0.25, 0.3) is 0 Å². The number of carbonyl (C=O) groups is 3. The molecule has 0 aliphatic carbocycles. The quantitative estimate of drug-likeness (QED) is 0.0343. The van der Waals surface area contributed by atoms with E-state index < -0.39 is 6.10 Å². The van der Waals surface area contributed by atoms with E-state index in [1.54, 1.807) is 0 Å². The predicted molar refractivity (Wildman–Crippen MR) is 307 cm³/mol. The minimum Gasteiger partial charge on any atom is -0.462 e. The Morgan fingerprint density at radius 2 is 0.493 bits per heavy atom. The van der Waals surface area contributed by atoms with E-state index in [-0.39, 0.29) is 31.1 Å². The van der Waals surface area contributed by atoms with Gasteiger partial charge >= 0.3 is 17.9 Å². The zero-order valence-corrected chi connectivity index (χ0v) is 49.0. The van der Waals surface area contributed by atoms with Gasteiger partial charge in [0.15, 0.2) is 6.10 Å². The number of hydrogen-bond acceptors (Lipinski definition) is 6. The van der Waals surface area contributed by atoms with Crippen LogP contribution < -0.4 is 0 Å². The lowest BCUT2D eigenvalue weighted by Crippen LogP contribution is -2.30. The van der Waals surface area contributed by atoms with Gasteiger partial charge in [-0.05, 0) is 37.0 Å². The van der Waals surface area contributed by atoms with Gasteiger partial charge in [0, 0.05) is 19.3 Å². The summed E-state index contributed by atoms with van der Waals surface area (Å²) in [5.41, 5.74) is 0. The zero-order valence-electron chi connectivity index (χ0n) is 49.0. The Bertz CT molecular complexity index is 1110. The van der Waals surface area contributed by atoms with Crippen LogP contribution in [0.25, 0.3) is 0 Å². The van der Waals surface area contributed by atoms with Crippen molar-refractivity contribution in [2.24, 2.45) is 17.8 Å². The fourth-order valence-corrected chi connectivity index (χ4v) is 10.00. The molecule has 0 saturated heterocycles. The van der Waals surface area contributed by atoms with Gasteiger partial charge in [-0.25, -0.2) is 0 Å². The summed E-state index contributed by atoms with van der Waals surface area (Å²) in [6, 6.07) is 0. The predicted octanol–water partition coefficient (Wildman–Crippen LogP) is 21.5. The molecule has 422 valence electrons. The van der Waals surface area contributed by atoms with Gasteiger partial charge in [-0.1, -0.05) is 324 Å². The molecule has 71 heavy (non-hydrogen) atoms. The van der Waals surface area contributed by atoms with Crippen molar-refractivity contribution in [3.8, 4) is 0 Å². The van der Waals surface area contributed by atoms with E-state index >= 15 is 0 Å². The number of rotatable bonds is 58. The van der Waals surface area contributed by atoms with E-state index in [9.17, 15) is 14.4 Å². The van der Waals surface area contributed by atoms with E-state index in [1.165, 1.54) is 244 Å². The standard InChI is InChI=1S/C65H126O6/c1-7-60(5)52-46-40-34-28-21-17-13-11-9-10-12-14-20-24-32-38-44-50-56-65(68)71-62(58-70-64(67)55-49-43-37-31-26-25-27-33-39-45-51-59(3)4)57-69-63(66)54-48-42-36-30-23-19-16-15-18-22-29-35-41-47-53-61(6)8-2/h59-62H,7-58H2,1-6H3/t60?,61?,62-/m1/s1. The highest BCUT2D eigenvalue weighted by Crippen LogP contribution is 2.20. The van der Waals surface area contributed by atoms with Crippen molar-refractivity contribution < 1.29 is 28.6 Å². The number of hydrogen-bond donors (Lipinski definition) is 0. The molecule has 0 aliphatic rings. The molecule has 0 aromatic heterocycles. The first-order valence-electron chi connectivity index (χ1n) is 32.2. The Balaban J connectivity index is 4.26. The number of unbranched alkanes of at least 4 members (excludes halogenated alkanes) is 39. The fourth-order valence-electron chi connectivity index (χ4n) is 10.00. The topological polar surface area (TPSA) is 78.9 Å². The number of carbonyl (C=O) groups excluding carboxylic acids is 3. The maximum absolute atomic E-state index is 12.9. The fraction of sp³-hybridized carbons (Fsp3) is 0.954. The Morgan fingerprint density at radius 1 is 0.282 bits per heavy atom. The number of esters is 3. The van der Waals surface area contributed by atoms with Gasteiger partial charge in [-0.2, -0.15) is 0 Å². The first-order chi connectivity index (χ1) is 34.7. The largest absolute Gasteiger partial charge is 0.462 e. The lowest BCUT2D eigenvalue weighted by molar-refractivity contribution is -0.167. The summed E-state index contributed by atoms with van der Waals surface area (Å²) >= 11 is 0. The molecule has 6 heteroatoms. The molecule has 0 aromatic rings. The SMILES string of the molecule is CCC(C)CCCCCCCCCCCCCCCCCCCCC(=O)O[C@H](COC(=O)CCCCCCCCCCCCCCCCC(C)CC)COC(=O)CCCCCCCCCCCCC(C)C. The van der Waals surface area contributed by atoms with Gasteiger partial charge in [-0.15, -0.1) is 0 Å². The van der Waals surface area contributed by atoms with Gasteiger partial charge < -0.3 is 14.2 Å². The van der Waals surface area contributed by atoms with Crippen LogP contribution in [0.2, 0.25) is 0 Å². The van der Waals surface area contributed by atoms with Crippen molar-refractivity contribution >= 4 is 17.9 Å². The van der Waals surface area contributed by atoms with E-state index in [4.69, 9.17) is 14.2 Å². The Morgan fingerprint density at radius 3 is 0.732 bits per heavy atom. The Hall–Kier alpha value is -1.59. The normalized spacial score (nSPS) is 12.9. The minimum absolute atomic E-state index is 0.0628. The summed E-state index contributed by atoms with van der Waals surface area (Å²) in [6.07, 6.45) is 60.9. The second kappa shape index (κ2) is 56.1. The molecule has 0 radical (unpaired) electrons. The third kappa shape index (κ3) is 56.0. The summed E-state index contributed by atoms with van der Waals surface area (Å²) in [4.78, 5) is 38.3. The molecule has 0 amide bonds. The molecule has 6 nitrogen and oxygen atoms in total. The zero-order chi connectivity index (χ0) is 51.9. The maximum atomic E-state index is 12.9. The first-order valence-corrected chi connectivity index (χ1v) is 32.2. The molecule has 0 saturated carbocycles. The van der Waals surface area contributed by atoms with E-state index in [0.717, 1.165) is 75.5 Å². The van der Waals surface area contributed by atoms with E-state index in [0.29, 0.717) is 19.3 Å². The molecule has 3 atom stereocenters. The Kier molecular flexibility index (Phi) is 54.9. The number of ether oxygens (including phenoxy) is 3. The van der Waals surface area contributed by atoms with E-state index in [1.807, 2.05) is 0 Å². The van der Waals surface area contributed by atoms with Crippen LogP contribution in [0.4, 0.5) is 0 Å². The second-order valence-electron chi connectivity index (χ2n) is 23.4. The molecular weight excluding hydrogens is 877 g/mol. The van der Waals surface area contributed by atoms with Crippen LogP contribution in [0.5, 0.6) is 0 Å². The summed E-state index contributed by atoms with van der Waals surface area (Å²) in [7, 11) is 0. The molecular formula is C65H126O6. The van der Waals surface area contributed by atoms with Crippen LogP contribution >= 0.6 is 0 Å². The lowest BCUT2D eigenvalue weighted by atomic mass is 9.99. The average molecular weight is 1000 g/mol. The molecule has 0 aromatic carbocycles. The van der Waals surface area contributed by atoms with Crippen molar-refractivity contribution in [3.63, 3.8) is 0 Å². The third-order valence-corrected chi connectivity index (χ3v) is 15.6. The molecule has 2 unspecified atom stereocenters. The second-order valence-corrected chi connectivity index (χ2v) is 23.4. The van der Waals surface area contributed by atoms with Crippen LogP contribution in [0, 0.1) is 17.8 Å². The van der Waals surface area contributed by atoms with E-state index in [2.05, 4.69) is 41.5 Å². The van der Waals surface area contributed by atoms with Crippen molar-refractivity contribution in [2.75, 3.05) is 13.2 Å². The van der Waals surface area contributed by atoms with Gasteiger partial charge in [0.2, 0.25) is 0 Å². The van der Waals surface area contributed by atoms with Crippen LogP contribution in [-0.4, -0.2) is 37.2 Å². The summed E-state index contributed by atoms with van der Waals surface area (Å²) in [6.45, 7) is 13.9. The molecule has 0 N–H and O–H groups in total. The molecule has 0 rings (SSSR count). The van der Waals surface area contributed by atoms with Crippen LogP contribution in [-0.2, 0) is 28.6 Å². The maximum Gasteiger partial charge on any atom is 0.306 e. The molecule has 0 fully saturated rings. The highest BCUT2D eigenvalue weighted by atomic mass is 16.6. The van der Waals surface area contributed by atoms with Crippen LogP contribution in [0.3, 0.4) is 0 Å². The van der Waals surface area contributed by atoms with Gasteiger partial charge in [-0.3, -0.25) is 14.4 Å². The van der Waals surface area contributed by atoms with Crippen molar-refractivity contribution in [1.29, 1.82) is 0 Å². The van der Waals surface area contributed by atoms with Crippen molar-refractivity contribution in [2.45, 2.75) is 369 Å². The molecule has 0 spiro atoms. The monoisotopic (exact) mass is 1000 g/mol. The van der Waals surface area contributed by atoms with Crippen LogP contribution in [0.15, 0.2) is 0 Å². The molecule has 0 bridgehead atoms. The van der Waals surface area contributed by atoms with Gasteiger partial charge in [0.05, 0.1) is 0 Å². The average Bonchev–Trinajstić information content (AvgIpc) is 3.36. The van der Waals surface area contributed by atoms with Crippen molar-refractivity contribution in [3.05, 3.63) is 0 Å². The summed E-state index contributed by atoms with van der Waals surface area (Å²) < 4.78 is 17.0. The highest BCUT2D eigenvalue weighted by molar-refractivity contribution is 5.71. The third-order valence-electron chi connectivity index (χ3n) is 15.6. The first kappa shape index (κ1) is 69.4. The lowest BCUT2D eigenvalue weighted by Gasteiger charge is -2.18. The minimum atomic E-state index is -0.765.